The van der Waals surface area contributed by atoms with Crippen LogP contribution < -0.4 is 21.3 Å². The Kier molecular flexibility index (Phi) is 4.19. The van der Waals surface area contributed by atoms with Crippen LogP contribution in [0.4, 0.5) is 11.6 Å². The lowest BCUT2D eigenvalue weighted by Gasteiger charge is -2.22. The summed E-state index contributed by atoms with van der Waals surface area (Å²) in [7, 11) is 1.59. The minimum atomic E-state index is 0.377. The van der Waals surface area contributed by atoms with Crippen LogP contribution in [0.2, 0.25) is 0 Å². The van der Waals surface area contributed by atoms with Gasteiger partial charge < -0.3 is 15.5 Å². The van der Waals surface area contributed by atoms with Gasteiger partial charge in [-0.1, -0.05) is 12.8 Å². The Bertz CT molecular complexity index is 392. The van der Waals surface area contributed by atoms with Crippen LogP contribution in [0.5, 0.6) is 5.75 Å². The summed E-state index contributed by atoms with van der Waals surface area (Å²) in [5, 5.41) is 3.41. The molecule has 0 amide bonds. The van der Waals surface area contributed by atoms with Crippen molar-refractivity contribution in [1.82, 2.24) is 9.97 Å². The second-order valence-electron chi connectivity index (χ2n) is 4.73. The van der Waals surface area contributed by atoms with E-state index in [0.717, 1.165) is 0 Å². The minimum Gasteiger partial charge on any atom is -0.490 e. The number of aromatic nitrogens is 2. The van der Waals surface area contributed by atoms with Crippen LogP contribution in [0.15, 0.2) is 6.33 Å². The standard InChI is InChI=1S/C12H21N5O/c1-8(9-5-3-4-6-9)16-11-10(18-2)12(17-13)15-7-14-11/h7-9H,3-6,13H2,1-2H3,(H2,14,15,16,17). The molecule has 1 aliphatic rings. The van der Waals surface area contributed by atoms with Crippen LogP contribution in [0.25, 0.3) is 0 Å². The first-order valence-corrected chi connectivity index (χ1v) is 6.38. The quantitative estimate of drug-likeness (QED) is 0.546. The van der Waals surface area contributed by atoms with Crippen molar-refractivity contribution in [3.8, 4) is 5.75 Å². The van der Waals surface area contributed by atoms with Gasteiger partial charge in [0.2, 0.25) is 5.75 Å². The minimum absolute atomic E-state index is 0.377. The topological polar surface area (TPSA) is 85.1 Å². The fourth-order valence-electron chi connectivity index (χ4n) is 2.56. The smallest absolute Gasteiger partial charge is 0.205 e. The number of ether oxygens (including phenoxy) is 1. The Hall–Kier alpha value is -1.56. The number of nitrogens with two attached hydrogens (primary N) is 1. The molecule has 1 heterocycles. The molecular weight excluding hydrogens is 230 g/mol. The average Bonchev–Trinajstić information content (AvgIpc) is 2.92. The van der Waals surface area contributed by atoms with E-state index in [-0.39, 0.29) is 0 Å². The van der Waals surface area contributed by atoms with Gasteiger partial charge in [0.05, 0.1) is 7.11 Å². The maximum atomic E-state index is 5.40. The van der Waals surface area contributed by atoms with E-state index in [1.54, 1.807) is 7.11 Å². The fourth-order valence-corrected chi connectivity index (χ4v) is 2.56. The van der Waals surface area contributed by atoms with Crippen LogP contribution >= 0.6 is 0 Å². The average molecular weight is 251 g/mol. The van der Waals surface area contributed by atoms with Crippen molar-refractivity contribution in [2.75, 3.05) is 17.9 Å². The van der Waals surface area contributed by atoms with Crippen LogP contribution in [0.3, 0.4) is 0 Å². The van der Waals surface area contributed by atoms with E-state index in [0.29, 0.717) is 29.3 Å². The normalized spacial score (nSPS) is 17.5. The van der Waals surface area contributed by atoms with E-state index >= 15 is 0 Å². The third-order valence-electron chi connectivity index (χ3n) is 3.62. The van der Waals surface area contributed by atoms with Crippen molar-refractivity contribution >= 4 is 11.6 Å². The molecule has 1 atom stereocenters. The van der Waals surface area contributed by atoms with Crippen LogP contribution in [0, 0.1) is 5.92 Å². The Labute approximate surface area is 107 Å². The molecule has 0 bridgehead atoms. The molecule has 6 heteroatoms. The van der Waals surface area contributed by atoms with Crippen molar-refractivity contribution in [2.24, 2.45) is 11.8 Å². The molecule has 2 rings (SSSR count). The van der Waals surface area contributed by atoms with Gasteiger partial charge in [-0.25, -0.2) is 15.8 Å². The zero-order valence-electron chi connectivity index (χ0n) is 10.9. The molecule has 0 aliphatic heterocycles. The molecule has 6 nitrogen and oxygen atoms in total. The summed E-state index contributed by atoms with van der Waals surface area (Å²) in [4.78, 5) is 8.25. The van der Waals surface area contributed by atoms with E-state index in [1.165, 1.54) is 32.0 Å². The number of hydrazine groups is 1. The van der Waals surface area contributed by atoms with E-state index < -0.39 is 0 Å². The predicted molar refractivity (Wildman–Crippen MR) is 71.4 cm³/mol. The molecule has 0 spiro atoms. The summed E-state index contributed by atoms with van der Waals surface area (Å²) in [5.41, 5.74) is 2.51. The monoisotopic (exact) mass is 251 g/mol. The molecule has 0 saturated heterocycles. The first-order chi connectivity index (χ1) is 8.76. The third-order valence-corrected chi connectivity index (χ3v) is 3.62. The van der Waals surface area contributed by atoms with Gasteiger partial charge in [0.15, 0.2) is 11.6 Å². The van der Waals surface area contributed by atoms with Crippen molar-refractivity contribution < 1.29 is 4.74 Å². The first kappa shape index (κ1) is 12.9. The molecule has 1 unspecified atom stereocenters. The zero-order valence-corrected chi connectivity index (χ0v) is 10.9. The molecule has 0 aromatic carbocycles. The maximum Gasteiger partial charge on any atom is 0.205 e. The summed E-state index contributed by atoms with van der Waals surface area (Å²) in [6, 6.07) is 0.377. The van der Waals surface area contributed by atoms with Crippen molar-refractivity contribution in [3.05, 3.63) is 6.33 Å². The Morgan fingerprint density at radius 3 is 2.61 bits per heavy atom. The summed E-state index contributed by atoms with van der Waals surface area (Å²) < 4.78 is 5.30. The molecular formula is C12H21N5O. The van der Waals surface area contributed by atoms with Crippen LogP contribution in [-0.4, -0.2) is 23.1 Å². The number of methoxy groups -OCH3 is 1. The van der Waals surface area contributed by atoms with Gasteiger partial charge in [0.25, 0.3) is 0 Å². The Balaban J connectivity index is 2.12. The molecule has 0 radical (unpaired) electrons. The highest BCUT2D eigenvalue weighted by Crippen LogP contribution is 2.32. The van der Waals surface area contributed by atoms with E-state index in [2.05, 4.69) is 27.6 Å². The fraction of sp³-hybridized carbons (Fsp3) is 0.667. The van der Waals surface area contributed by atoms with Gasteiger partial charge in [-0.15, -0.1) is 0 Å². The zero-order chi connectivity index (χ0) is 13.0. The summed E-state index contributed by atoms with van der Waals surface area (Å²) in [6.07, 6.45) is 6.69. The van der Waals surface area contributed by atoms with Gasteiger partial charge in [0, 0.05) is 6.04 Å². The highest BCUT2D eigenvalue weighted by atomic mass is 16.5. The van der Waals surface area contributed by atoms with E-state index in [4.69, 9.17) is 10.6 Å². The van der Waals surface area contributed by atoms with Crippen molar-refractivity contribution in [1.29, 1.82) is 0 Å². The third kappa shape index (κ3) is 2.64. The lowest BCUT2D eigenvalue weighted by atomic mass is 10.00. The number of nitrogen functional groups attached to an aromatic ring is 1. The molecule has 1 fully saturated rings. The molecule has 4 N–H and O–H groups in total. The first-order valence-electron chi connectivity index (χ1n) is 6.38. The number of hydrogen-bond donors (Lipinski definition) is 3. The maximum absolute atomic E-state index is 5.40. The predicted octanol–water partition coefficient (Wildman–Crippen LogP) is 1.76. The molecule has 1 aromatic heterocycles. The molecule has 1 aliphatic carbocycles. The van der Waals surface area contributed by atoms with Gasteiger partial charge >= 0.3 is 0 Å². The molecule has 1 saturated carbocycles. The molecule has 1 aromatic rings. The van der Waals surface area contributed by atoms with Crippen molar-refractivity contribution in [2.45, 2.75) is 38.6 Å². The highest BCUT2D eigenvalue weighted by Gasteiger charge is 2.23. The van der Waals surface area contributed by atoms with Crippen LogP contribution in [0.1, 0.15) is 32.6 Å². The number of nitrogens with zero attached hydrogens (tertiary/aromatic N) is 2. The SMILES string of the molecule is COc1c(NN)ncnc1NC(C)C1CCCC1. The summed E-state index contributed by atoms with van der Waals surface area (Å²) in [5.74, 6) is 7.86. The van der Waals surface area contributed by atoms with Crippen molar-refractivity contribution in [3.63, 3.8) is 0 Å². The Morgan fingerprint density at radius 1 is 1.33 bits per heavy atom. The lowest BCUT2D eigenvalue weighted by molar-refractivity contribution is 0.411. The lowest BCUT2D eigenvalue weighted by Crippen LogP contribution is -2.25. The van der Waals surface area contributed by atoms with Gasteiger partial charge in [-0.05, 0) is 25.7 Å². The molecule has 18 heavy (non-hydrogen) atoms. The van der Waals surface area contributed by atoms with E-state index in [1.807, 2.05) is 0 Å². The Morgan fingerprint density at radius 2 is 2.00 bits per heavy atom. The number of nitrogens with one attached hydrogen (secondary N) is 2. The largest absolute Gasteiger partial charge is 0.490 e. The summed E-state index contributed by atoms with van der Waals surface area (Å²) >= 11 is 0. The second-order valence-corrected chi connectivity index (χ2v) is 4.73. The number of rotatable bonds is 5. The summed E-state index contributed by atoms with van der Waals surface area (Å²) in [6.45, 7) is 2.19. The van der Waals surface area contributed by atoms with Gasteiger partial charge in [-0.2, -0.15) is 0 Å². The second kappa shape index (κ2) is 5.86. The van der Waals surface area contributed by atoms with E-state index in [9.17, 15) is 0 Å². The highest BCUT2D eigenvalue weighted by molar-refractivity contribution is 5.63. The van der Waals surface area contributed by atoms with Crippen LogP contribution in [-0.2, 0) is 0 Å². The number of hydrogen-bond acceptors (Lipinski definition) is 6. The number of anilines is 2. The van der Waals surface area contributed by atoms with Gasteiger partial charge in [0.1, 0.15) is 6.33 Å². The molecule has 100 valence electrons. The van der Waals surface area contributed by atoms with Gasteiger partial charge in [-0.3, -0.25) is 0 Å².